The van der Waals surface area contributed by atoms with E-state index in [0.29, 0.717) is 6.04 Å². The van der Waals surface area contributed by atoms with E-state index in [1.165, 1.54) is 12.1 Å². The van der Waals surface area contributed by atoms with Crippen molar-refractivity contribution in [3.05, 3.63) is 47.3 Å². The monoisotopic (exact) mass is 336 g/mol. The molecule has 8 heteroatoms. The highest BCUT2D eigenvalue weighted by Gasteiger charge is 2.32. The quantitative estimate of drug-likeness (QED) is 0.631. The first-order valence-electron chi connectivity index (χ1n) is 7.89. The highest BCUT2D eigenvalue weighted by molar-refractivity contribution is 5.81. The largest absolute Gasteiger partial charge is 0.370 e. The standard InChI is InChI=1S/C16H22F2N6/c1-21-11-5-6-24(9-11)13-8-16(20,23-15(19)22-13)7-10-3-2-4-12(17)14(10)18/h2-4,8,11,21H,5-7,9,20H2,1H3,(H3,19,22,23)/t11-,16?/m1/s1. The zero-order valence-electron chi connectivity index (χ0n) is 13.5. The van der Waals surface area contributed by atoms with E-state index in [1.54, 1.807) is 6.08 Å². The molecule has 24 heavy (non-hydrogen) atoms. The van der Waals surface area contributed by atoms with Gasteiger partial charge >= 0.3 is 0 Å². The maximum absolute atomic E-state index is 14.0. The minimum Gasteiger partial charge on any atom is -0.370 e. The van der Waals surface area contributed by atoms with Crippen LogP contribution in [0.4, 0.5) is 8.78 Å². The SMILES string of the molecule is CN[C@@H]1CCN(C2=CC(N)(Cc3cccc(F)c3F)N=C(N)N2)C1. The summed E-state index contributed by atoms with van der Waals surface area (Å²) in [7, 11) is 1.92. The minimum absolute atomic E-state index is 0.0196. The Kier molecular flexibility index (Phi) is 4.42. The van der Waals surface area contributed by atoms with Crippen LogP contribution < -0.4 is 22.1 Å². The summed E-state index contributed by atoms with van der Waals surface area (Å²) in [5.74, 6) is -0.886. The molecule has 1 saturated heterocycles. The lowest BCUT2D eigenvalue weighted by Crippen LogP contribution is -2.51. The van der Waals surface area contributed by atoms with Crippen LogP contribution in [0.1, 0.15) is 12.0 Å². The molecule has 1 aromatic rings. The third kappa shape index (κ3) is 3.34. The van der Waals surface area contributed by atoms with Crippen molar-refractivity contribution in [3.8, 4) is 0 Å². The second-order valence-electron chi connectivity index (χ2n) is 6.25. The number of aliphatic imine (C=N–C) groups is 1. The van der Waals surface area contributed by atoms with E-state index in [4.69, 9.17) is 11.5 Å². The molecule has 2 aliphatic rings. The number of rotatable bonds is 4. The van der Waals surface area contributed by atoms with Crippen molar-refractivity contribution >= 4 is 5.96 Å². The highest BCUT2D eigenvalue weighted by Crippen LogP contribution is 2.24. The lowest BCUT2D eigenvalue weighted by Gasteiger charge is -2.32. The van der Waals surface area contributed by atoms with Crippen LogP contribution >= 0.6 is 0 Å². The Balaban J connectivity index is 1.84. The molecule has 0 bridgehead atoms. The summed E-state index contributed by atoms with van der Waals surface area (Å²) in [6.07, 6.45) is 2.75. The van der Waals surface area contributed by atoms with Gasteiger partial charge in [0.25, 0.3) is 0 Å². The molecule has 0 radical (unpaired) electrons. The van der Waals surface area contributed by atoms with E-state index in [0.717, 1.165) is 31.4 Å². The molecule has 1 fully saturated rings. The number of benzene rings is 1. The van der Waals surface area contributed by atoms with Crippen LogP contribution in [0.3, 0.4) is 0 Å². The number of halogens is 2. The molecule has 1 unspecified atom stereocenters. The zero-order chi connectivity index (χ0) is 17.3. The summed E-state index contributed by atoms with van der Waals surface area (Å²) in [5.41, 5.74) is 11.1. The maximum atomic E-state index is 14.0. The number of guanidine groups is 1. The lowest BCUT2D eigenvalue weighted by molar-refractivity contribution is 0.376. The molecule has 0 saturated carbocycles. The molecule has 2 heterocycles. The highest BCUT2D eigenvalue weighted by atomic mass is 19.2. The average molecular weight is 336 g/mol. The predicted octanol–water partition coefficient (Wildman–Crippen LogP) is 0.215. The van der Waals surface area contributed by atoms with Crippen LogP contribution in [-0.4, -0.2) is 42.7 Å². The van der Waals surface area contributed by atoms with Gasteiger partial charge in [0.05, 0.1) is 0 Å². The summed E-state index contributed by atoms with van der Waals surface area (Å²) < 4.78 is 27.4. The van der Waals surface area contributed by atoms with Gasteiger partial charge in [-0.05, 0) is 31.2 Å². The molecule has 1 aromatic carbocycles. The first-order chi connectivity index (χ1) is 11.4. The van der Waals surface area contributed by atoms with E-state index >= 15 is 0 Å². The van der Waals surface area contributed by atoms with Crippen LogP contribution in [0.2, 0.25) is 0 Å². The molecule has 0 aliphatic carbocycles. The fourth-order valence-corrected chi connectivity index (χ4v) is 3.15. The van der Waals surface area contributed by atoms with E-state index in [-0.39, 0.29) is 17.9 Å². The molecule has 2 aliphatic heterocycles. The van der Waals surface area contributed by atoms with Crippen molar-refractivity contribution in [1.82, 2.24) is 15.5 Å². The van der Waals surface area contributed by atoms with E-state index in [1.807, 2.05) is 7.05 Å². The van der Waals surface area contributed by atoms with Crippen LogP contribution in [0, 0.1) is 11.6 Å². The number of nitrogens with one attached hydrogen (secondary N) is 2. The fraction of sp³-hybridized carbons (Fsp3) is 0.438. The number of likely N-dealkylation sites (tertiary alicyclic amines) is 1. The van der Waals surface area contributed by atoms with Crippen molar-refractivity contribution in [2.24, 2.45) is 16.5 Å². The summed E-state index contributed by atoms with van der Waals surface area (Å²) in [5, 5.41) is 6.25. The van der Waals surface area contributed by atoms with Crippen LogP contribution in [0.15, 0.2) is 35.1 Å². The van der Waals surface area contributed by atoms with Crippen molar-refractivity contribution in [2.45, 2.75) is 24.5 Å². The Morgan fingerprint density at radius 1 is 1.46 bits per heavy atom. The van der Waals surface area contributed by atoms with Crippen molar-refractivity contribution in [2.75, 3.05) is 20.1 Å². The summed E-state index contributed by atoms with van der Waals surface area (Å²) in [6.45, 7) is 1.66. The zero-order valence-corrected chi connectivity index (χ0v) is 13.5. The average Bonchev–Trinajstić information content (AvgIpc) is 3.00. The minimum atomic E-state index is -1.23. The smallest absolute Gasteiger partial charge is 0.196 e. The van der Waals surface area contributed by atoms with Gasteiger partial charge in [0.1, 0.15) is 11.5 Å². The van der Waals surface area contributed by atoms with Crippen molar-refractivity contribution < 1.29 is 8.78 Å². The number of nitrogens with zero attached hydrogens (tertiary/aromatic N) is 2. The van der Waals surface area contributed by atoms with Crippen molar-refractivity contribution in [1.29, 1.82) is 0 Å². The van der Waals surface area contributed by atoms with Gasteiger partial charge in [-0.15, -0.1) is 0 Å². The van der Waals surface area contributed by atoms with Gasteiger partial charge in [0, 0.05) is 25.6 Å². The molecule has 6 N–H and O–H groups in total. The number of nitrogens with two attached hydrogens (primary N) is 2. The molecule has 0 aromatic heterocycles. The van der Waals surface area contributed by atoms with Gasteiger partial charge in [-0.25, -0.2) is 13.8 Å². The van der Waals surface area contributed by atoms with Gasteiger partial charge in [-0.2, -0.15) is 0 Å². The fourth-order valence-electron chi connectivity index (χ4n) is 3.15. The molecule has 2 atom stereocenters. The molecular formula is C16H22F2N6. The first kappa shape index (κ1) is 16.7. The Bertz CT molecular complexity index is 689. The van der Waals surface area contributed by atoms with Crippen molar-refractivity contribution in [3.63, 3.8) is 0 Å². The van der Waals surface area contributed by atoms with E-state index in [9.17, 15) is 8.78 Å². The summed E-state index contributed by atoms with van der Waals surface area (Å²) >= 11 is 0. The second kappa shape index (κ2) is 6.37. The van der Waals surface area contributed by atoms with Crippen LogP contribution in [-0.2, 0) is 6.42 Å². The number of hydrogen-bond donors (Lipinski definition) is 4. The van der Waals surface area contributed by atoms with Crippen LogP contribution in [0.25, 0.3) is 0 Å². The van der Waals surface area contributed by atoms with Gasteiger partial charge in [0.2, 0.25) is 0 Å². The third-order valence-corrected chi connectivity index (χ3v) is 4.41. The van der Waals surface area contributed by atoms with Crippen LogP contribution in [0.5, 0.6) is 0 Å². The van der Waals surface area contributed by atoms with E-state index < -0.39 is 17.3 Å². The Hall–Kier alpha value is -2.19. The predicted molar refractivity (Wildman–Crippen MR) is 88.9 cm³/mol. The van der Waals surface area contributed by atoms with Gasteiger partial charge in [0.15, 0.2) is 17.6 Å². The van der Waals surface area contributed by atoms with Gasteiger partial charge in [-0.1, -0.05) is 12.1 Å². The maximum Gasteiger partial charge on any atom is 0.196 e. The summed E-state index contributed by atoms with van der Waals surface area (Å²) in [4.78, 5) is 6.31. The normalized spacial score (nSPS) is 26.8. The Morgan fingerprint density at radius 2 is 2.25 bits per heavy atom. The molecule has 0 spiro atoms. The third-order valence-electron chi connectivity index (χ3n) is 4.41. The molecule has 0 amide bonds. The summed E-state index contributed by atoms with van der Waals surface area (Å²) in [6, 6.07) is 4.42. The molecule has 3 rings (SSSR count). The topological polar surface area (TPSA) is 91.7 Å². The van der Waals surface area contributed by atoms with Gasteiger partial charge < -0.3 is 27.0 Å². The number of likely N-dealkylation sites (N-methyl/N-ethyl adjacent to an activating group) is 1. The Labute approximate surface area is 139 Å². The number of hydrogen-bond acceptors (Lipinski definition) is 6. The first-order valence-corrected chi connectivity index (χ1v) is 7.89. The molecule has 130 valence electrons. The molecular weight excluding hydrogens is 314 g/mol. The lowest BCUT2D eigenvalue weighted by atomic mass is 9.99. The Morgan fingerprint density at radius 3 is 2.96 bits per heavy atom. The second-order valence-corrected chi connectivity index (χ2v) is 6.25. The van der Waals surface area contributed by atoms with E-state index in [2.05, 4.69) is 20.5 Å². The molecule has 6 nitrogen and oxygen atoms in total. The van der Waals surface area contributed by atoms with Gasteiger partial charge in [-0.3, -0.25) is 0 Å².